The zero-order valence-corrected chi connectivity index (χ0v) is 33.2. The number of piperidine rings is 1. The maximum atomic E-state index is 13.0. The van der Waals surface area contributed by atoms with Crippen LogP contribution in [0.3, 0.4) is 0 Å². The molecule has 0 spiro atoms. The molecule has 15 heteroatoms. The minimum atomic E-state index is -3.70. The van der Waals surface area contributed by atoms with Gasteiger partial charge in [0.15, 0.2) is 0 Å². The van der Waals surface area contributed by atoms with Gasteiger partial charge in [-0.15, -0.1) is 11.3 Å². The lowest BCUT2D eigenvalue weighted by molar-refractivity contribution is -0.126. The molecule has 2 aromatic carbocycles. The van der Waals surface area contributed by atoms with E-state index in [1.54, 1.807) is 56.1 Å². The van der Waals surface area contributed by atoms with Crippen molar-refractivity contribution < 1.29 is 27.5 Å². The van der Waals surface area contributed by atoms with E-state index in [-0.39, 0.29) is 22.5 Å². The molecular formula is C40H47N7O6S2. The molecular weight excluding hydrogens is 739 g/mol. The molecule has 1 atom stereocenters. The number of rotatable bonds is 16. The number of unbranched alkanes of at least 4 members (excludes halogenated alkanes) is 1. The first-order valence-corrected chi connectivity index (χ1v) is 20.7. The van der Waals surface area contributed by atoms with Crippen LogP contribution in [0.4, 0.5) is 23.1 Å². The molecule has 2 aliphatic rings. The maximum absolute atomic E-state index is 13.0. The van der Waals surface area contributed by atoms with Crippen LogP contribution in [0, 0.1) is 6.92 Å². The van der Waals surface area contributed by atoms with E-state index in [4.69, 9.17) is 4.74 Å². The molecule has 55 heavy (non-hydrogen) atoms. The van der Waals surface area contributed by atoms with Gasteiger partial charge in [0, 0.05) is 64.0 Å². The Labute approximate surface area is 326 Å². The van der Waals surface area contributed by atoms with E-state index in [9.17, 15) is 22.8 Å². The molecule has 2 aromatic heterocycles. The number of fused-ring (bicyclic) bond motifs is 1. The first kappa shape index (κ1) is 39.6. The zero-order valence-electron chi connectivity index (χ0n) is 31.5. The summed E-state index contributed by atoms with van der Waals surface area (Å²) < 4.78 is 34.3. The topological polar surface area (TPSA) is 172 Å². The summed E-state index contributed by atoms with van der Waals surface area (Å²) >= 11 is 1.51. The number of amides is 2. The number of anilines is 4. The highest BCUT2D eigenvalue weighted by Gasteiger charge is 2.39. The van der Waals surface area contributed by atoms with Crippen molar-refractivity contribution in [3.8, 4) is 5.75 Å². The number of benzene rings is 2. The summed E-state index contributed by atoms with van der Waals surface area (Å²) in [4.78, 5) is 50.1. The summed E-state index contributed by atoms with van der Waals surface area (Å²) in [6.45, 7) is 11.9. The number of hydrogen-bond donors (Lipinski definition) is 4. The molecule has 4 heterocycles. The zero-order chi connectivity index (χ0) is 39.3. The largest absolute Gasteiger partial charge is 0.494 e. The summed E-state index contributed by atoms with van der Waals surface area (Å²) in [6, 6.07) is 13.5. The third-order valence-electron chi connectivity index (χ3n) is 9.18. The van der Waals surface area contributed by atoms with Crippen molar-refractivity contribution in [2.24, 2.45) is 0 Å². The lowest BCUT2D eigenvalue weighted by atomic mass is 10.0. The highest BCUT2D eigenvalue weighted by atomic mass is 32.2. The van der Waals surface area contributed by atoms with Crippen molar-refractivity contribution in [3.05, 3.63) is 94.0 Å². The molecule has 6 rings (SSSR count). The second-order valence-corrected chi connectivity index (χ2v) is 17.5. The Morgan fingerprint density at radius 2 is 1.85 bits per heavy atom. The smallest absolute Gasteiger partial charge is 0.256 e. The molecule has 0 saturated carbocycles. The fourth-order valence-electron chi connectivity index (χ4n) is 6.42. The van der Waals surface area contributed by atoms with Crippen molar-refractivity contribution in [3.63, 3.8) is 0 Å². The van der Waals surface area contributed by atoms with Gasteiger partial charge in [-0.25, -0.2) is 18.1 Å². The number of sulfonamides is 1. The molecule has 1 saturated heterocycles. The normalized spacial score (nSPS) is 15.8. The Bertz CT molecular complexity index is 2200. The van der Waals surface area contributed by atoms with Crippen molar-refractivity contribution in [1.29, 1.82) is 0 Å². The van der Waals surface area contributed by atoms with Crippen LogP contribution < -0.4 is 25.4 Å². The summed E-state index contributed by atoms with van der Waals surface area (Å²) in [6.07, 6.45) is 5.82. The van der Waals surface area contributed by atoms with Crippen molar-refractivity contribution >= 4 is 62.1 Å². The van der Waals surface area contributed by atoms with Crippen molar-refractivity contribution in [2.45, 2.75) is 95.7 Å². The van der Waals surface area contributed by atoms with E-state index in [0.717, 1.165) is 28.1 Å². The second kappa shape index (κ2) is 16.7. The number of allylic oxidation sites excluding steroid dienone is 1. The van der Waals surface area contributed by atoms with Gasteiger partial charge in [-0.05, 0) is 108 Å². The van der Waals surface area contributed by atoms with Gasteiger partial charge >= 0.3 is 0 Å². The molecule has 290 valence electrons. The number of aromatic nitrogens is 2. The molecule has 2 amide bonds. The lowest BCUT2D eigenvalue weighted by Gasteiger charge is -2.31. The van der Waals surface area contributed by atoms with Crippen LogP contribution >= 0.6 is 11.3 Å². The number of ether oxygens (including phenoxy) is 1. The van der Waals surface area contributed by atoms with Gasteiger partial charge in [0.05, 0.1) is 17.1 Å². The minimum absolute atomic E-state index is 0.115. The summed E-state index contributed by atoms with van der Waals surface area (Å²) in [5, 5.41) is 11.0. The molecule has 0 bridgehead atoms. The monoisotopic (exact) mass is 785 g/mol. The Morgan fingerprint density at radius 1 is 1.07 bits per heavy atom. The average molecular weight is 786 g/mol. The first-order chi connectivity index (χ1) is 26.1. The van der Waals surface area contributed by atoms with Gasteiger partial charge < -0.3 is 25.6 Å². The standard InChI is InChI=1S/C40H47N7O6S2/c1-25-22-41-39(45-36(25)43-28-9-8-11-31(21-28)55(51,52)46-40(3,4)5)44-27-13-16-30(17-14-27)53-20-7-6-10-29(48)15-19-35-32-23-47(38(50)33(32)24-54-35)34-18-12-26(2)42-37(34)49/h8-9,11,13-14,16-17,21-22,24,34,46H,2,6-7,10,12,15,18-20,23H2,1,3-5H3,(H,42,49)(H2,41,43,44,45). The number of nitrogens with zero attached hydrogens (tertiary/aromatic N) is 3. The third kappa shape index (κ3) is 10.1. The van der Waals surface area contributed by atoms with Crippen molar-refractivity contribution in [2.75, 3.05) is 17.2 Å². The van der Waals surface area contributed by atoms with Gasteiger partial charge in [0.25, 0.3) is 5.91 Å². The molecule has 0 radical (unpaired) electrons. The number of thiophene rings is 1. The lowest BCUT2D eigenvalue weighted by Crippen LogP contribution is -2.49. The Morgan fingerprint density at radius 3 is 2.60 bits per heavy atom. The number of hydrogen-bond acceptors (Lipinski definition) is 11. The average Bonchev–Trinajstić information content (AvgIpc) is 3.67. The number of nitrogens with one attached hydrogen (secondary N) is 4. The van der Waals surface area contributed by atoms with Crippen LogP contribution in [0.1, 0.15) is 85.7 Å². The van der Waals surface area contributed by atoms with E-state index < -0.39 is 21.6 Å². The Kier molecular flexibility index (Phi) is 12.0. The summed E-state index contributed by atoms with van der Waals surface area (Å²) in [7, 11) is -3.70. The van der Waals surface area contributed by atoms with Crippen LogP contribution in [-0.2, 0) is 32.6 Å². The number of carbonyl (C=O) groups is 3. The van der Waals surface area contributed by atoms with Crippen LogP contribution in [0.25, 0.3) is 0 Å². The Hall–Kier alpha value is -5.12. The molecule has 4 aromatic rings. The van der Waals surface area contributed by atoms with E-state index >= 15 is 0 Å². The fourth-order valence-corrected chi connectivity index (χ4v) is 8.92. The fraction of sp³-hybridized carbons (Fsp3) is 0.375. The van der Waals surface area contributed by atoms with Crippen LogP contribution in [0.5, 0.6) is 5.75 Å². The number of carbonyl (C=O) groups excluding carboxylic acids is 3. The van der Waals surface area contributed by atoms with E-state index in [0.29, 0.717) is 86.1 Å². The Balaban J connectivity index is 0.919. The van der Waals surface area contributed by atoms with Gasteiger partial charge in [-0.1, -0.05) is 12.6 Å². The van der Waals surface area contributed by atoms with Gasteiger partial charge in [0.1, 0.15) is 23.4 Å². The minimum Gasteiger partial charge on any atom is -0.494 e. The number of ketones is 1. The van der Waals surface area contributed by atoms with Crippen molar-refractivity contribution in [1.82, 2.24) is 24.9 Å². The van der Waals surface area contributed by atoms with E-state index in [1.165, 1.54) is 11.3 Å². The van der Waals surface area contributed by atoms with Crippen LogP contribution in [0.2, 0.25) is 0 Å². The maximum Gasteiger partial charge on any atom is 0.256 e. The predicted octanol–water partition coefficient (Wildman–Crippen LogP) is 6.91. The molecule has 13 nitrogen and oxygen atoms in total. The van der Waals surface area contributed by atoms with E-state index in [2.05, 4.69) is 37.2 Å². The molecule has 4 N–H and O–H groups in total. The SMILES string of the molecule is C=C1CCC(N2Cc3c(csc3CCC(=O)CCCCOc3ccc(Nc4ncc(C)c(Nc5cccc(S(=O)(=O)NC(C)(C)C)c5)n4)cc3)C2=O)C(=O)N1. The van der Waals surface area contributed by atoms with Gasteiger partial charge in [0.2, 0.25) is 21.9 Å². The first-order valence-electron chi connectivity index (χ1n) is 18.3. The van der Waals surface area contributed by atoms with Crippen LogP contribution in [-0.4, -0.2) is 59.1 Å². The molecule has 1 fully saturated rings. The quantitative estimate of drug-likeness (QED) is 0.0876. The molecule has 0 aliphatic carbocycles. The number of Topliss-reactive ketones (excluding diaryl/α,β-unsaturated/α-hetero) is 1. The molecule has 2 aliphatic heterocycles. The molecule has 1 unspecified atom stereocenters. The highest BCUT2D eigenvalue weighted by Crippen LogP contribution is 2.35. The van der Waals surface area contributed by atoms with Gasteiger partial charge in [-0.2, -0.15) is 4.98 Å². The summed E-state index contributed by atoms with van der Waals surface area (Å²) in [5.74, 6) is 1.48. The van der Waals surface area contributed by atoms with Gasteiger partial charge in [-0.3, -0.25) is 14.4 Å². The van der Waals surface area contributed by atoms with E-state index in [1.807, 2.05) is 36.6 Å². The second-order valence-electron chi connectivity index (χ2n) is 14.9. The predicted molar refractivity (Wildman–Crippen MR) is 213 cm³/mol. The number of aryl methyl sites for hydroxylation is 2. The third-order valence-corrected chi connectivity index (χ3v) is 12.0. The summed E-state index contributed by atoms with van der Waals surface area (Å²) in [5.41, 5.74) is 3.79. The highest BCUT2D eigenvalue weighted by molar-refractivity contribution is 7.89. The van der Waals surface area contributed by atoms with Crippen LogP contribution in [0.15, 0.2) is 77.3 Å².